The van der Waals surface area contributed by atoms with Gasteiger partial charge in [0.05, 0.1) is 20.3 Å². The maximum Gasteiger partial charge on any atom is 0.409 e. The molecule has 1 N–H and O–H groups in total. The summed E-state index contributed by atoms with van der Waals surface area (Å²) in [7, 11) is 1.34. The van der Waals surface area contributed by atoms with E-state index in [1.807, 2.05) is 6.92 Å². The molecule has 0 aliphatic carbocycles. The topological polar surface area (TPSA) is 77.1 Å². The molecular weight excluding hydrogens is 240 g/mol. The minimum absolute atomic E-state index is 0.0506. The number of carbonyl (C=O) groups excluding carboxylic acids is 2. The number of rotatable bonds is 2. The number of carbonyl (C=O) groups is 2. The highest BCUT2D eigenvalue weighted by Gasteiger charge is 2.53. The molecule has 0 saturated carbocycles. The highest BCUT2D eigenvalue weighted by Crippen LogP contribution is 2.36. The van der Waals surface area contributed by atoms with Crippen molar-refractivity contribution in [3.8, 4) is 0 Å². The number of likely N-dealkylation sites (tertiary alicyclic amines) is 1. The molecule has 7 heteroatoms. The predicted molar refractivity (Wildman–Crippen MR) is 60.8 cm³/mol. The van der Waals surface area contributed by atoms with E-state index >= 15 is 0 Å². The number of nitrogens with one attached hydrogen (secondary N) is 1. The molecule has 2 amide bonds. The summed E-state index contributed by atoms with van der Waals surface area (Å²) in [4.78, 5) is 23.8. The summed E-state index contributed by atoms with van der Waals surface area (Å²) >= 11 is 0. The molecule has 2 rings (SSSR count). The van der Waals surface area contributed by atoms with Crippen LogP contribution in [0.1, 0.15) is 6.92 Å². The van der Waals surface area contributed by atoms with Crippen molar-refractivity contribution in [2.24, 2.45) is 5.92 Å². The Hall–Kier alpha value is -1.34. The quantitative estimate of drug-likeness (QED) is 0.680. The van der Waals surface area contributed by atoms with Gasteiger partial charge < -0.3 is 24.4 Å². The number of hydrogen-bond donors (Lipinski definition) is 1. The van der Waals surface area contributed by atoms with Crippen LogP contribution in [0.15, 0.2) is 0 Å². The molecule has 7 nitrogen and oxygen atoms in total. The third-order valence-electron chi connectivity index (χ3n) is 3.51. The van der Waals surface area contributed by atoms with Crippen molar-refractivity contribution >= 4 is 12.5 Å². The summed E-state index contributed by atoms with van der Waals surface area (Å²) in [6.07, 6.45) is 0.192. The molecule has 0 radical (unpaired) electrons. The lowest BCUT2D eigenvalue weighted by Gasteiger charge is -2.47. The van der Waals surface area contributed by atoms with Crippen LogP contribution in [0.4, 0.5) is 4.79 Å². The van der Waals surface area contributed by atoms with Gasteiger partial charge in [0.15, 0.2) is 5.79 Å². The summed E-state index contributed by atoms with van der Waals surface area (Å²) in [5.74, 6) is -0.879. The second-order valence-corrected chi connectivity index (χ2v) is 4.53. The fourth-order valence-corrected chi connectivity index (χ4v) is 2.68. The number of piperidine rings is 1. The van der Waals surface area contributed by atoms with E-state index in [0.717, 1.165) is 0 Å². The van der Waals surface area contributed by atoms with Crippen LogP contribution in [0, 0.1) is 5.92 Å². The van der Waals surface area contributed by atoms with Crippen LogP contribution in [0.25, 0.3) is 0 Å². The normalized spacial score (nSPS) is 30.2. The van der Waals surface area contributed by atoms with Gasteiger partial charge in [-0.25, -0.2) is 4.79 Å². The molecule has 0 bridgehead atoms. The molecule has 18 heavy (non-hydrogen) atoms. The molecule has 2 heterocycles. The first kappa shape index (κ1) is 13.1. The van der Waals surface area contributed by atoms with Crippen molar-refractivity contribution in [1.82, 2.24) is 10.2 Å². The van der Waals surface area contributed by atoms with Crippen molar-refractivity contribution in [3.63, 3.8) is 0 Å². The van der Waals surface area contributed by atoms with Gasteiger partial charge in [-0.15, -0.1) is 0 Å². The first-order valence-corrected chi connectivity index (χ1v) is 5.94. The molecule has 2 aliphatic heterocycles. The highest BCUT2D eigenvalue weighted by molar-refractivity contribution is 5.67. The van der Waals surface area contributed by atoms with Gasteiger partial charge in [-0.3, -0.25) is 4.79 Å². The lowest BCUT2D eigenvalue weighted by molar-refractivity contribution is -0.229. The van der Waals surface area contributed by atoms with Crippen LogP contribution < -0.4 is 5.32 Å². The number of amides is 2. The fraction of sp³-hybridized carbons (Fsp3) is 0.818. The Morgan fingerprint density at radius 2 is 2.11 bits per heavy atom. The predicted octanol–water partition coefficient (Wildman–Crippen LogP) is -0.438. The summed E-state index contributed by atoms with van der Waals surface area (Å²) in [5, 5.41) is 2.68. The molecule has 0 aromatic rings. The third-order valence-corrected chi connectivity index (χ3v) is 3.51. The maximum atomic E-state index is 11.6. The van der Waals surface area contributed by atoms with Crippen molar-refractivity contribution in [2.45, 2.75) is 18.8 Å². The Balaban J connectivity index is 2.18. The fourth-order valence-electron chi connectivity index (χ4n) is 2.68. The lowest BCUT2D eigenvalue weighted by Crippen LogP contribution is -2.66. The Bertz CT molecular complexity index is 329. The molecule has 0 aromatic heterocycles. The van der Waals surface area contributed by atoms with E-state index in [-0.39, 0.29) is 12.0 Å². The average Bonchev–Trinajstić information content (AvgIpc) is 2.85. The van der Waals surface area contributed by atoms with E-state index in [2.05, 4.69) is 5.32 Å². The van der Waals surface area contributed by atoms with Crippen LogP contribution in [0.3, 0.4) is 0 Å². The van der Waals surface area contributed by atoms with Crippen molar-refractivity contribution in [2.75, 3.05) is 33.4 Å². The van der Waals surface area contributed by atoms with Gasteiger partial charge in [-0.2, -0.15) is 0 Å². The summed E-state index contributed by atoms with van der Waals surface area (Å²) in [6.45, 7) is 3.72. The molecule has 102 valence electrons. The minimum atomic E-state index is -0.828. The number of ether oxygens (including phenoxy) is 3. The number of hydrogen-bond acceptors (Lipinski definition) is 5. The van der Waals surface area contributed by atoms with Crippen LogP contribution in [0.2, 0.25) is 0 Å². The standard InChI is InChI=1S/C11H18N2O5/c1-8-5-13(10(15)16-2)6-9(12-7-14)11(8)17-3-4-18-11/h7-9H,3-6H2,1-2H3,(H,12,14). The third kappa shape index (κ3) is 2.04. The van der Waals surface area contributed by atoms with Crippen molar-refractivity contribution in [3.05, 3.63) is 0 Å². The van der Waals surface area contributed by atoms with Crippen molar-refractivity contribution in [1.29, 1.82) is 0 Å². The Kier molecular flexibility index (Phi) is 3.72. The Morgan fingerprint density at radius 1 is 1.44 bits per heavy atom. The first-order chi connectivity index (χ1) is 8.64. The lowest BCUT2D eigenvalue weighted by atomic mass is 9.88. The van der Waals surface area contributed by atoms with E-state index in [0.29, 0.717) is 32.7 Å². The Labute approximate surface area is 105 Å². The van der Waals surface area contributed by atoms with Crippen molar-refractivity contribution < 1.29 is 23.8 Å². The summed E-state index contributed by atoms with van der Waals surface area (Å²) in [5.41, 5.74) is 0. The monoisotopic (exact) mass is 258 g/mol. The van der Waals surface area contributed by atoms with Gasteiger partial charge in [-0.05, 0) is 0 Å². The molecule has 1 spiro atoms. The average molecular weight is 258 g/mol. The molecule has 2 aliphatic rings. The van der Waals surface area contributed by atoms with Crippen LogP contribution in [-0.2, 0) is 19.0 Å². The van der Waals surface area contributed by atoms with E-state index in [1.54, 1.807) is 4.90 Å². The van der Waals surface area contributed by atoms with Gasteiger partial charge in [-0.1, -0.05) is 6.92 Å². The SMILES string of the molecule is COC(=O)N1CC(C)C2(OCCO2)C(NC=O)C1. The molecule has 2 saturated heterocycles. The molecule has 2 unspecified atom stereocenters. The van der Waals surface area contributed by atoms with E-state index in [4.69, 9.17) is 14.2 Å². The zero-order valence-electron chi connectivity index (χ0n) is 10.5. The number of methoxy groups -OCH3 is 1. The van der Waals surface area contributed by atoms with Gasteiger partial charge in [0.25, 0.3) is 0 Å². The largest absolute Gasteiger partial charge is 0.453 e. The first-order valence-electron chi connectivity index (χ1n) is 5.94. The second-order valence-electron chi connectivity index (χ2n) is 4.53. The van der Waals surface area contributed by atoms with Gasteiger partial charge >= 0.3 is 6.09 Å². The molecule has 2 atom stereocenters. The van der Waals surface area contributed by atoms with Crippen LogP contribution >= 0.6 is 0 Å². The second kappa shape index (κ2) is 5.11. The molecule has 0 aromatic carbocycles. The maximum absolute atomic E-state index is 11.6. The highest BCUT2D eigenvalue weighted by atomic mass is 16.7. The summed E-state index contributed by atoms with van der Waals surface area (Å²) < 4.78 is 16.1. The van der Waals surface area contributed by atoms with Gasteiger partial charge in [0, 0.05) is 19.0 Å². The molecule has 2 fully saturated rings. The van der Waals surface area contributed by atoms with E-state index in [1.165, 1.54) is 7.11 Å². The van der Waals surface area contributed by atoms with E-state index < -0.39 is 11.9 Å². The van der Waals surface area contributed by atoms with Gasteiger partial charge in [0.1, 0.15) is 6.04 Å². The Morgan fingerprint density at radius 3 is 2.67 bits per heavy atom. The van der Waals surface area contributed by atoms with Gasteiger partial charge in [0.2, 0.25) is 6.41 Å². The van der Waals surface area contributed by atoms with Crippen LogP contribution in [-0.4, -0.2) is 62.6 Å². The molecular formula is C11H18N2O5. The number of nitrogens with zero attached hydrogens (tertiary/aromatic N) is 1. The smallest absolute Gasteiger partial charge is 0.409 e. The zero-order chi connectivity index (χ0) is 13.2. The van der Waals surface area contributed by atoms with Crippen LogP contribution in [0.5, 0.6) is 0 Å². The minimum Gasteiger partial charge on any atom is -0.453 e. The summed E-state index contributed by atoms with van der Waals surface area (Å²) in [6, 6.07) is -0.389. The van der Waals surface area contributed by atoms with E-state index in [9.17, 15) is 9.59 Å². The zero-order valence-corrected chi connectivity index (χ0v) is 10.5.